The highest BCUT2D eigenvalue weighted by atomic mass is 16.4. The van der Waals surface area contributed by atoms with E-state index in [1.807, 2.05) is 18.2 Å². The normalized spacial score (nSPS) is 18.9. The summed E-state index contributed by atoms with van der Waals surface area (Å²) in [5.41, 5.74) is 8.81. The van der Waals surface area contributed by atoms with Crippen LogP contribution in [0.4, 0.5) is 11.5 Å². The third-order valence-electron chi connectivity index (χ3n) is 10.1. The van der Waals surface area contributed by atoms with E-state index < -0.39 is 5.97 Å². The highest BCUT2D eigenvalue weighted by Crippen LogP contribution is 2.41. The smallest absolute Gasteiger partial charge is 0.333 e. The van der Waals surface area contributed by atoms with Gasteiger partial charge >= 0.3 is 5.97 Å². The lowest BCUT2D eigenvalue weighted by Gasteiger charge is -2.36. The lowest BCUT2D eigenvalue weighted by Crippen LogP contribution is -2.43. The molecule has 0 radical (unpaired) electrons. The number of carbonyl (C=O) groups excluding carboxylic acids is 1. The average molecular weight is 606 g/mol. The van der Waals surface area contributed by atoms with Crippen LogP contribution in [0.3, 0.4) is 0 Å². The van der Waals surface area contributed by atoms with E-state index in [0.717, 1.165) is 68.6 Å². The number of amides is 1. The topological polar surface area (TPSA) is 98.1 Å². The highest BCUT2D eigenvalue weighted by molar-refractivity contribution is 5.87. The van der Waals surface area contributed by atoms with Gasteiger partial charge in [-0.05, 0) is 106 Å². The van der Waals surface area contributed by atoms with E-state index in [1.165, 1.54) is 33.7 Å². The van der Waals surface area contributed by atoms with E-state index >= 15 is 0 Å². The number of carboxylic acids is 1. The van der Waals surface area contributed by atoms with E-state index in [0.29, 0.717) is 23.3 Å². The maximum atomic E-state index is 12.7. The third kappa shape index (κ3) is 6.10. The molecule has 1 atom stereocenters. The van der Waals surface area contributed by atoms with Crippen LogP contribution in [0.2, 0.25) is 0 Å². The Bertz CT molecular complexity index is 1650. The summed E-state index contributed by atoms with van der Waals surface area (Å²) in [6, 6.07) is 19.1. The van der Waals surface area contributed by atoms with Gasteiger partial charge in [-0.2, -0.15) is 5.10 Å². The van der Waals surface area contributed by atoms with Gasteiger partial charge in [0.1, 0.15) is 0 Å². The van der Waals surface area contributed by atoms with Crippen LogP contribution in [0.1, 0.15) is 86.6 Å². The van der Waals surface area contributed by atoms with Crippen molar-refractivity contribution in [2.45, 2.75) is 77.7 Å². The Morgan fingerprint density at radius 3 is 2.44 bits per heavy atom. The first kappa shape index (κ1) is 30.6. The summed E-state index contributed by atoms with van der Waals surface area (Å²) in [5.74, 6) is 0.663. The molecule has 2 heterocycles. The van der Waals surface area contributed by atoms with Gasteiger partial charge in [-0.15, -0.1) is 0 Å². The first-order valence-corrected chi connectivity index (χ1v) is 16.2. The molecule has 2 aliphatic carbocycles. The molecular weight excluding hydrogens is 562 g/mol. The van der Waals surface area contributed by atoms with Crippen LogP contribution in [-0.2, 0) is 16.0 Å². The van der Waals surface area contributed by atoms with Crippen LogP contribution >= 0.6 is 0 Å². The largest absolute Gasteiger partial charge is 0.478 e. The number of carbonyl (C=O) groups is 2. The van der Waals surface area contributed by atoms with E-state index in [1.54, 1.807) is 13.8 Å². The number of aromatic nitrogens is 1. The number of hydrazone groups is 1. The quantitative estimate of drug-likeness (QED) is 0.149. The first-order valence-electron chi connectivity index (χ1n) is 16.2. The second-order valence-electron chi connectivity index (χ2n) is 12.8. The van der Waals surface area contributed by atoms with Crippen LogP contribution in [0.5, 0.6) is 0 Å². The van der Waals surface area contributed by atoms with E-state index in [2.05, 4.69) is 65.4 Å². The fourth-order valence-electron chi connectivity index (χ4n) is 7.05. The zero-order valence-corrected chi connectivity index (χ0v) is 26.6. The Hall–Kier alpha value is -4.46. The Morgan fingerprint density at radius 1 is 1.02 bits per heavy atom. The molecule has 2 aromatic carbocycles. The second kappa shape index (κ2) is 12.9. The number of rotatable bonds is 9. The van der Waals surface area contributed by atoms with Gasteiger partial charge in [0.15, 0.2) is 5.82 Å². The molecule has 3 aliphatic rings. The van der Waals surface area contributed by atoms with Crippen LogP contribution in [0, 0.1) is 12.8 Å². The molecule has 1 saturated carbocycles. The maximum Gasteiger partial charge on any atom is 0.333 e. The molecule has 45 heavy (non-hydrogen) atoms. The van der Waals surface area contributed by atoms with Gasteiger partial charge < -0.3 is 15.3 Å². The summed E-state index contributed by atoms with van der Waals surface area (Å²) in [4.78, 5) is 31.3. The number of piperidine rings is 1. The number of allylic oxidation sites excluding steroid dienone is 1. The molecule has 1 saturated heterocycles. The molecule has 0 spiro atoms. The minimum absolute atomic E-state index is 0.136. The number of aryl methyl sites for hydroxylation is 2. The van der Waals surface area contributed by atoms with Crippen molar-refractivity contribution in [3.05, 3.63) is 88.1 Å². The Labute approximate surface area is 265 Å². The van der Waals surface area contributed by atoms with Gasteiger partial charge in [0.05, 0.1) is 23.0 Å². The minimum atomic E-state index is -1.00. The Morgan fingerprint density at radius 2 is 1.78 bits per heavy atom. The minimum Gasteiger partial charge on any atom is -0.478 e. The van der Waals surface area contributed by atoms with Gasteiger partial charge in [-0.25, -0.2) is 14.8 Å². The van der Waals surface area contributed by atoms with Crippen LogP contribution in [-0.4, -0.2) is 46.7 Å². The molecule has 1 unspecified atom stereocenters. The summed E-state index contributed by atoms with van der Waals surface area (Å²) in [5, 5.41) is 18.9. The van der Waals surface area contributed by atoms with Gasteiger partial charge in [-0.3, -0.25) is 4.79 Å². The number of hydrogen-bond donors (Lipinski definition) is 2. The van der Waals surface area contributed by atoms with Gasteiger partial charge in [-0.1, -0.05) is 42.8 Å². The molecule has 6 rings (SSSR count). The van der Waals surface area contributed by atoms with Crippen molar-refractivity contribution < 1.29 is 14.7 Å². The molecule has 8 nitrogen and oxygen atoms in total. The van der Waals surface area contributed by atoms with Crippen LogP contribution in [0.15, 0.2) is 71.0 Å². The number of pyridine rings is 1. The molecule has 1 aliphatic heterocycles. The summed E-state index contributed by atoms with van der Waals surface area (Å²) in [7, 11) is 0. The zero-order chi connectivity index (χ0) is 31.7. The van der Waals surface area contributed by atoms with Crippen molar-refractivity contribution in [1.82, 2.24) is 9.88 Å². The molecule has 1 amide bonds. The number of anilines is 2. The number of carboxylic acid groups (broad SMARTS) is 1. The third-order valence-corrected chi connectivity index (χ3v) is 10.1. The Kier molecular flexibility index (Phi) is 8.74. The highest BCUT2D eigenvalue weighted by Gasteiger charge is 2.32. The first-order chi connectivity index (χ1) is 21.7. The molecule has 3 aromatic rings. The predicted octanol–water partition coefficient (Wildman–Crippen LogP) is 7.46. The van der Waals surface area contributed by atoms with Gasteiger partial charge in [0, 0.05) is 37.0 Å². The number of aliphatic carboxylic acids is 1. The number of fused-ring (bicyclic) bond motifs is 1. The van der Waals surface area contributed by atoms with Crippen molar-refractivity contribution in [2.75, 3.05) is 23.4 Å². The molecule has 2 N–H and O–H groups in total. The maximum absolute atomic E-state index is 12.7. The van der Waals surface area contributed by atoms with E-state index in [4.69, 9.17) is 4.98 Å². The van der Waals surface area contributed by atoms with Crippen LogP contribution < -0.4 is 10.3 Å². The number of nitrogens with one attached hydrogen (secondary N) is 1. The molecule has 234 valence electrons. The summed E-state index contributed by atoms with van der Waals surface area (Å²) >= 11 is 0. The lowest BCUT2D eigenvalue weighted by molar-refractivity contribution is -0.139. The standard InChI is InChI=1S/C37H43N5O3/c1-23-22-29(26-18-20-41(21-19-26)36(43)28-9-5-10-28)15-16-31(23)39-33-17-14-27-8-6-11-30(35(27)33)32-12-7-13-34(40-32)42(38-4)25(3)24(2)37(44)45/h6-8,11-13,15-16,22,26,28,33,39H,4-5,9-10,14,17-21H2,1-3H3,(H,44,45)/b25-24+. The fraction of sp³-hybridized carbons (Fsp3) is 0.405. The fourth-order valence-corrected chi connectivity index (χ4v) is 7.05. The summed E-state index contributed by atoms with van der Waals surface area (Å²) in [6.07, 6.45) is 7.36. The monoisotopic (exact) mass is 605 g/mol. The van der Waals surface area contributed by atoms with Crippen molar-refractivity contribution >= 4 is 30.1 Å². The van der Waals surface area contributed by atoms with Crippen molar-refractivity contribution in [3.63, 3.8) is 0 Å². The van der Waals surface area contributed by atoms with E-state index in [9.17, 15) is 14.7 Å². The molecular formula is C37H43N5O3. The zero-order valence-electron chi connectivity index (χ0n) is 26.6. The lowest BCUT2D eigenvalue weighted by atomic mass is 9.83. The predicted molar refractivity (Wildman–Crippen MR) is 179 cm³/mol. The molecule has 2 fully saturated rings. The van der Waals surface area contributed by atoms with Gasteiger partial charge in [0.25, 0.3) is 0 Å². The second-order valence-corrected chi connectivity index (χ2v) is 12.8. The van der Waals surface area contributed by atoms with Crippen molar-refractivity contribution in [3.8, 4) is 11.3 Å². The summed E-state index contributed by atoms with van der Waals surface area (Å²) < 4.78 is 0. The van der Waals surface area contributed by atoms with Crippen molar-refractivity contribution in [2.24, 2.45) is 11.0 Å². The number of benzene rings is 2. The average Bonchev–Trinajstić information content (AvgIpc) is 3.44. The molecule has 1 aromatic heterocycles. The number of likely N-dealkylation sites (tertiary alicyclic amines) is 1. The van der Waals surface area contributed by atoms with Crippen LogP contribution in [0.25, 0.3) is 11.3 Å². The van der Waals surface area contributed by atoms with Gasteiger partial charge in [0.2, 0.25) is 5.91 Å². The Balaban J connectivity index is 1.20. The molecule has 8 heteroatoms. The van der Waals surface area contributed by atoms with E-state index in [-0.39, 0.29) is 17.5 Å². The summed E-state index contributed by atoms with van der Waals surface area (Å²) in [6.45, 7) is 10.8. The molecule has 0 bridgehead atoms. The SMILES string of the molecule is C=NN(/C(C)=C(\C)C(=O)O)c1cccc(-c2cccc3c2C(Nc2ccc(C4CCN(C(=O)C5CCC5)CC4)cc2C)CC3)n1. The number of hydrogen-bond acceptors (Lipinski definition) is 6. The van der Waals surface area contributed by atoms with Crippen molar-refractivity contribution in [1.29, 1.82) is 0 Å². The number of nitrogens with zero attached hydrogens (tertiary/aromatic N) is 4.